The molecule has 31 heavy (non-hydrogen) atoms. The van der Waals surface area contributed by atoms with Crippen LogP contribution in [-0.4, -0.2) is 11.3 Å². The summed E-state index contributed by atoms with van der Waals surface area (Å²) in [7, 11) is 9.78. The number of aromatic hydroxyl groups is 1. The van der Waals surface area contributed by atoms with Crippen LogP contribution in [0.3, 0.4) is 0 Å². The molecular formula is C17H10Cl2F9NOTi. The molecule has 0 heterocycles. The van der Waals surface area contributed by atoms with Gasteiger partial charge in [0.25, 0.3) is 0 Å². The van der Waals surface area contributed by atoms with Crippen molar-refractivity contribution in [3.63, 3.8) is 0 Å². The first kappa shape index (κ1) is 27.6. The maximum absolute atomic E-state index is 13.2. The second-order valence-electron chi connectivity index (χ2n) is 5.76. The Morgan fingerprint density at radius 1 is 0.871 bits per heavy atom. The molecule has 2 rings (SSSR count). The molecule has 0 aliphatic heterocycles. The van der Waals surface area contributed by atoms with E-state index in [2.05, 4.69) is 4.99 Å². The molecule has 0 spiro atoms. The first-order chi connectivity index (χ1) is 14.0. The van der Waals surface area contributed by atoms with Gasteiger partial charge in [-0.15, -0.1) is 0 Å². The van der Waals surface area contributed by atoms with E-state index in [0.717, 1.165) is 6.07 Å². The number of hydrogen-bond donors (Lipinski definition) is 1. The van der Waals surface area contributed by atoms with Gasteiger partial charge in [0, 0.05) is 11.8 Å². The van der Waals surface area contributed by atoms with Gasteiger partial charge in [0.15, 0.2) is 0 Å². The summed E-state index contributed by atoms with van der Waals surface area (Å²) < 4.78 is 118. The maximum atomic E-state index is 13.2. The number of nitrogens with zero attached hydrogens (tertiary/aromatic N) is 1. The Balaban J connectivity index is 0.00000151. The van der Waals surface area contributed by atoms with E-state index in [4.69, 9.17) is 18.6 Å². The summed E-state index contributed by atoms with van der Waals surface area (Å²) in [6.45, 7) is 1.42. The fourth-order valence-electron chi connectivity index (χ4n) is 2.29. The molecule has 14 heteroatoms. The Morgan fingerprint density at radius 3 is 1.71 bits per heavy atom. The third-order valence-electron chi connectivity index (χ3n) is 3.65. The summed E-state index contributed by atoms with van der Waals surface area (Å²) >= 11 is -0.556. The van der Waals surface area contributed by atoms with Crippen LogP contribution in [0, 0.1) is 6.92 Å². The van der Waals surface area contributed by atoms with Crippen LogP contribution >= 0.6 is 18.6 Å². The van der Waals surface area contributed by atoms with Crippen LogP contribution in [0.1, 0.15) is 27.8 Å². The van der Waals surface area contributed by atoms with Crippen molar-refractivity contribution < 1.29 is 61.7 Å². The molecular weight excluding hydrogens is 524 g/mol. The summed E-state index contributed by atoms with van der Waals surface area (Å²) in [5.74, 6) is -0.444. The number of phenolic OH excluding ortho intramolecular Hbond substituents is 1. The van der Waals surface area contributed by atoms with Crippen LogP contribution in [0.4, 0.5) is 45.2 Å². The van der Waals surface area contributed by atoms with E-state index < -0.39 is 75.8 Å². The zero-order chi connectivity index (χ0) is 24.2. The van der Waals surface area contributed by atoms with E-state index in [1.807, 2.05) is 0 Å². The fourth-order valence-corrected chi connectivity index (χ4v) is 2.29. The number of benzene rings is 2. The number of para-hydroxylation sites is 1. The Kier molecular flexibility index (Phi) is 9.32. The molecule has 1 N–H and O–H groups in total. The topological polar surface area (TPSA) is 32.6 Å². The van der Waals surface area contributed by atoms with Crippen molar-refractivity contribution >= 4 is 30.5 Å². The van der Waals surface area contributed by atoms with Gasteiger partial charge in [-0.25, -0.2) is 0 Å². The molecule has 0 saturated carbocycles. The number of phenols is 1. The quantitative estimate of drug-likeness (QED) is 0.238. The molecule has 0 aliphatic rings. The van der Waals surface area contributed by atoms with Crippen molar-refractivity contribution in [1.29, 1.82) is 0 Å². The standard InChI is InChI=1S/C17H10F9NO.2ClH.Ti/c1-8-3-2-4-9(14(8)28)7-27-13-11(16(21,22)23)5-10(15(18,19)20)6-12(13)17(24,25)26;;;/h2-7,28H,1H3;2*1H;/q;;;+2/p-2. The van der Waals surface area contributed by atoms with Crippen LogP contribution < -0.4 is 0 Å². The monoisotopic (exact) mass is 533 g/mol. The Labute approximate surface area is 186 Å². The van der Waals surface area contributed by atoms with Crippen LogP contribution in [0.25, 0.3) is 0 Å². The van der Waals surface area contributed by atoms with Crippen molar-refractivity contribution in [3.8, 4) is 5.75 Å². The van der Waals surface area contributed by atoms with E-state index in [-0.39, 0.29) is 11.1 Å². The molecule has 170 valence electrons. The van der Waals surface area contributed by atoms with E-state index in [1.54, 1.807) is 0 Å². The average Bonchev–Trinajstić information content (AvgIpc) is 2.60. The van der Waals surface area contributed by atoms with Gasteiger partial charge in [-0.3, -0.25) is 4.99 Å². The van der Waals surface area contributed by atoms with Crippen LogP contribution in [0.2, 0.25) is 0 Å². The minimum absolute atomic E-state index is 0.207. The van der Waals surface area contributed by atoms with Crippen LogP contribution in [0.15, 0.2) is 35.3 Å². The van der Waals surface area contributed by atoms with Gasteiger partial charge >= 0.3 is 54.2 Å². The van der Waals surface area contributed by atoms with Crippen molar-refractivity contribution in [1.82, 2.24) is 0 Å². The first-order valence-corrected chi connectivity index (χ1v) is 12.0. The van der Waals surface area contributed by atoms with Gasteiger partial charge in [-0.05, 0) is 30.7 Å². The minimum atomic E-state index is -5.54. The third-order valence-corrected chi connectivity index (χ3v) is 3.65. The summed E-state index contributed by atoms with van der Waals surface area (Å²) in [5, 5.41) is 9.80. The summed E-state index contributed by atoms with van der Waals surface area (Å²) in [6.07, 6.45) is -16.0. The van der Waals surface area contributed by atoms with Gasteiger partial charge < -0.3 is 5.11 Å². The number of hydrogen-bond acceptors (Lipinski definition) is 2. The molecule has 2 nitrogen and oxygen atoms in total. The van der Waals surface area contributed by atoms with Crippen LogP contribution in [-0.2, 0) is 35.6 Å². The molecule has 0 aliphatic carbocycles. The van der Waals surface area contributed by atoms with Crippen LogP contribution in [0.5, 0.6) is 5.75 Å². The first-order valence-electron chi connectivity index (χ1n) is 7.72. The average molecular weight is 534 g/mol. The van der Waals surface area contributed by atoms with Gasteiger partial charge in [-0.1, -0.05) is 12.1 Å². The zero-order valence-corrected chi connectivity index (χ0v) is 18.1. The Bertz CT molecular complexity index is 906. The zero-order valence-electron chi connectivity index (χ0n) is 15.0. The number of alkyl halides is 9. The fraction of sp³-hybridized carbons (Fsp3) is 0.235. The SMILES string of the molecule is Cc1cccc(C=Nc2c(C(F)(F)F)cc(C(F)(F)F)cc2C(F)(F)F)c1O.[Cl][Ti][Cl]. The van der Waals surface area contributed by atoms with Crippen molar-refractivity contribution in [2.24, 2.45) is 4.99 Å². The molecule has 2 aromatic carbocycles. The van der Waals surface area contributed by atoms with Crippen molar-refractivity contribution in [2.45, 2.75) is 25.5 Å². The third kappa shape index (κ3) is 7.59. The second-order valence-corrected chi connectivity index (χ2v) is 8.33. The van der Waals surface area contributed by atoms with Crippen molar-refractivity contribution in [2.75, 3.05) is 0 Å². The van der Waals surface area contributed by atoms with Gasteiger partial charge in [0.2, 0.25) is 0 Å². The van der Waals surface area contributed by atoms with E-state index in [0.29, 0.717) is 6.21 Å². The number of aryl methyl sites for hydroxylation is 1. The Morgan fingerprint density at radius 2 is 1.32 bits per heavy atom. The normalized spacial score (nSPS) is 12.5. The summed E-state index contributed by atoms with van der Waals surface area (Å²) in [4.78, 5) is 3.14. The molecule has 0 amide bonds. The second kappa shape index (κ2) is 10.5. The number of halogens is 11. The molecule has 0 aromatic heterocycles. The van der Waals surface area contributed by atoms with Gasteiger partial charge in [-0.2, -0.15) is 39.5 Å². The molecule has 2 aromatic rings. The summed E-state index contributed by atoms with van der Waals surface area (Å²) in [6, 6.07) is 3.08. The molecule has 0 saturated heterocycles. The van der Waals surface area contributed by atoms with Gasteiger partial charge in [0.1, 0.15) is 5.75 Å². The molecule has 0 radical (unpaired) electrons. The van der Waals surface area contributed by atoms with E-state index in [1.165, 1.54) is 19.1 Å². The van der Waals surface area contributed by atoms with Crippen molar-refractivity contribution in [3.05, 3.63) is 58.1 Å². The molecule has 0 unspecified atom stereocenters. The van der Waals surface area contributed by atoms with E-state index in [9.17, 15) is 44.6 Å². The Hall–Kier alpha value is -1.43. The number of rotatable bonds is 2. The predicted octanol–water partition coefficient (Wildman–Crippen LogP) is 7.88. The molecule has 0 fully saturated rings. The molecule has 0 atom stereocenters. The van der Waals surface area contributed by atoms with E-state index >= 15 is 0 Å². The van der Waals surface area contributed by atoms with Gasteiger partial charge in [0.05, 0.1) is 22.4 Å². The summed E-state index contributed by atoms with van der Waals surface area (Å²) in [5.41, 5.74) is -8.17. The molecule has 0 bridgehead atoms. The number of aliphatic imine (C=N–C) groups is 1. The predicted molar refractivity (Wildman–Crippen MR) is 93.3 cm³/mol.